The topological polar surface area (TPSA) is 26.3 Å². The average Bonchev–Trinajstić information content (AvgIpc) is 3.23. The fourth-order valence-corrected chi connectivity index (χ4v) is 9.89. The maximum absolute atomic E-state index is 12.8. The van der Waals surface area contributed by atoms with Crippen molar-refractivity contribution < 1.29 is 9.53 Å². The molecule has 1 aromatic carbocycles. The molecule has 0 spiro atoms. The summed E-state index contributed by atoms with van der Waals surface area (Å²) < 4.78 is 5.99. The summed E-state index contributed by atoms with van der Waals surface area (Å²) in [5, 5.41) is 0.845. The SMILES string of the molecule is CC(C)CCC[C@@H](C)[C@H]1CC[C@H]2[C@@H]3CC=C4C[C@@H](OC(=O)c5ccc(Cl)c(Cl)c5)CC[C@]4(C)[C@H]3CC[C@]12C. The number of fused-ring (bicyclic) bond motifs is 5. The van der Waals surface area contributed by atoms with Crippen LogP contribution in [0.25, 0.3) is 0 Å². The third-order valence-corrected chi connectivity index (χ3v) is 12.4. The van der Waals surface area contributed by atoms with Gasteiger partial charge in [0.1, 0.15) is 6.10 Å². The van der Waals surface area contributed by atoms with Gasteiger partial charge in [0.2, 0.25) is 0 Å². The zero-order chi connectivity index (χ0) is 27.2. The lowest BCUT2D eigenvalue weighted by molar-refractivity contribution is -0.0594. The van der Waals surface area contributed by atoms with E-state index >= 15 is 0 Å². The summed E-state index contributed by atoms with van der Waals surface area (Å²) in [6.45, 7) is 12.5. The third-order valence-electron chi connectivity index (χ3n) is 11.7. The van der Waals surface area contributed by atoms with Crippen molar-refractivity contribution in [3.63, 3.8) is 0 Å². The highest BCUT2D eigenvalue weighted by atomic mass is 35.5. The Balaban J connectivity index is 1.25. The number of rotatable bonds is 7. The van der Waals surface area contributed by atoms with Crippen LogP contribution >= 0.6 is 23.2 Å². The van der Waals surface area contributed by atoms with Crippen LogP contribution in [0.5, 0.6) is 0 Å². The maximum atomic E-state index is 12.8. The molecule has 0 aromatic heterocycles. The lowest BCUT2D eigenvalue weighted by Crippen LogP contribution is -2.51. The van der Waals surface area contributed by atoms with Gasteiger partial charge in [-0.05, 0) is 109 Å². The van der Waals surface area contributed by atoms with Gasteiger partial charge in [0.15, 0.2) is 0 Å². The van der Waals surface area contributed by atoms with Crippen LogP contribution < -0.4 is 0 Å². The van der Waals surface area contributed by atoms with Gasteiger partial charge in [-0.1, -0.05) is 88.7 Å². The molecule has 0 heterocycles. The Morgan fingerprint density at radius 1 is 1.00 bits per heavy atom. The predicted octanol–water partition coefficient (Wildman–Crippen LogP) is 10.6. The second-order valence-electron chi connectivity index (χ2n) is 14.2. The molecule has 5 rings (SSSR count). The van der Waals surface area contributed by atoms with Gasteiger partial charge in [-0.3, -0.25) is 0 Å². The third kappa shape index (κ3) is 5.23. The van der Waals surface area contributed by atoms with E-state index < -0.39 is 0 Å². The van der Waals surface area contributed by atoms with Gasteiger partial charge in [-0.2, -0.15) is 0 Å². The number of ether oxygens (including phenoxy) is 1. The van der Waals surface area contributed by atoms with E-state index in [2.05, 4.69) is 40.7 Å². The molecule has 0 saturated heterocycles. The Bertz CT molecular complexity index is 1060. The standard InChI is InChI=1S/C34H48Cl2O2/c1-21(2)7-6-8-22(3)27-12-13-28-26-11-10-24-20-25(38-32(37)23-9-14-30(35)31(36)19-23)15-17-33(24,4)29(26)16-18-34(27,28)5/h9-10,14,19,21-22,25-29H,6-8,11-13,15-18,20H2,1-5H3/t22-,25+,26+,27-,28+,29+,33+,34-/m1/s1. The van der Waals surface area contributed by atoms with Crippen molar-refractivity contribution in [2.75, 3.05) is 0 Å². The van der Waals surface area contributed by atoms with Gasteiger partial charge in [0.05, 0.1) is 15.6 Å². The predicted molar refractivity (Wildman–Crippen MR) is 159 cm³/mol. The minimum Gasteiger partial charge on any atom is -0.458 e. The van der Waals surface area contributed by atoms with E-state index in [-0.39, 0.29) is 17.5 Å². The lowest BCUT2D eigenvalue weighted by Gasteiger charge is -2.58. The molecule has 0 unspecified atom stereocenters. The van der Waals surface area contributed by atoms with E-state index in [4.69, 9.17) is 27.9 Å². The Hall–Kier alpha value is -0.990. The Labute approximate surface area is 241 Å². The smallest absolute Gasteiger partial charge is 0.338 e. The quantitative estimate of drug-likeness (QED) is 0.245. The van der Waals surface area contributed by atoms with E-state index in [1.165, 1.54) is 51.4 Å². The number of carbonyl (C=O) groups excluding carboxylic acids is 1. The van der Waals surface area contributed by atoms with Gasteiger partial charge in [0, 0.05) is 6.42 Å². The summed E-state index contributed by atoms with van der Waals surface area (Å²) in [5.74, 6) is 4.76. The number of carbonyl (C=O) groups is 1. The summed E-state index contributed by atoms with van der Waals surface area (Å²) in [7, 11) is 0. The largest absolute Gasteiger partial charge is 0.458 e. The van der Waals surface area contributed by atoms with Crippen LogP contribution in [0, 0.1) is 46.3 Å². The highest BCUT2D eigenvalue weighted by Crippen LogP contribution is 2.67. The van der Waals surface area contributed by atoms with Crippen LogP contribution in [0.1, 0.15) is 116 Å². The van der Waals surface area contributed by atoms with Crippen LogP contribution in [0.3, 0.4) is 0 Å². The van der Waals surface area contributed by atoms with Gasteiger partial charge in [-0.15, -0.1) is 0 Å². The van der Waals surface area contributed by atoms with Crippen molar-refractivity contribution in [1.29, 1.82) is 0 Å². The van der Waals surface area contributed by atoms with Crippen molar-refractivity contribution in [2.45, 2.75) is 111 Å². The van der Waals surface area contributed by atoms with E-state index in [1.54, 1.807) is 23.8 Å². The van der Waals surface area contributed by atoms with Gasteiger partial charge in [-0.25, -0.2) is 4.79 Å². The molecule has 1 aromatic rings. The van der Waals surface area contributed by atoms with Crippen LogP contribution in [0.2, 0.25) is 10.0 Å². The van der Waals surface area contributed by atoms with Crippen molar-refractivity contribution in [3.05, 3.63) is 45.5 Å². The highest BCUT2D eigenvalue weighted by molar-refractivity contribution is 6.42. The molecule has 8 atom stereocenters. The van der Waals surface area contributed by atoms with Crippen LogP contribution in [0.4, 0.5) is 0 Å². The van der Waals surface area contributed by atoms with Crippen molar-refractivity contribution in [2.24, 2.45) is 46.3 Å². The van der Waals surface area contributed by atoms with Crippen LogP contribution in [-0.4, -0.2) is 12.1 Å². The Morgan fingerprint density at radius 2 is 1.79 bits per heavy atom. The average molecular weight is 560 g/mol. The number of hydrogen-bond acceptors (Lipinski definition) is 2. The lowest BCUT2D eigenvalue weighted by atomic mass is 9.47. The number of allylic oxidation sites excluding steroid dienone is 1. The van der Waals surface area contributed by atoms with Gasteiger partial charge in [0.25, 0.3) is 0 Å². The Kier molecular flexibility index (Phi) is 8.35. The first-order chi connectivity index (χ1) is 18.0. The molecule has 0 amide bonds. The first kappa shape index (κ1) is 28.5. The van der Waals surface area contributed by atoms with Crippen molar-refractivity contribution in [1.82, 2.24) is 0 Å². The van der Waals surface area contributed by atoms with Gasteiger partial charge < -0.3 is 4.74 Å². The normalized spacial score (nSPS) is 37.2. The minimum absolute atomic E-state index is 0.0516. The van der Waals surface area contributed by atoms with Crippen LogP contribution in [0.15, 0.2) is 29.8 Å². The second kappa shape index (κ2) is 11.1. The molecule has 3 saturated carbocycles. The number of hydrogen-bond donors (Lipinski definition) is 0. The molecule has 4 aliphatic rings. The fourth-order valence-electron chi connectivity index (χ4n) is 9.60. The molecule has 4 aliphatic carbocycles. The first-order valence-electron chi connectivity index (χ1n) is 15.4. The molecule has 3 fully saturated rings. The summed E-state index contributed by atoms with van der Waals surface area (Å²) in [6.07, 6.45) is 16.5. The number of benzene rings is 1. The summed E-state index contributed by atoms with van der Waals surface area (Å²) in [6, 6.07) is 4.98. The Morgan fingerprint density at radius 3 is 2.53 bits per heavy atom. The zero-order valence-corrected chi connectivity index (χ0v) is 25.7. The fraction of sp³-hybridized carbons (Fsp3) is 0.735. The molecule has 0 bridgehead atoms. The molecule has 0 N–H and O–H groups in total. The van der Waals surface area contributed by atoms with E-state index in [0.29, 0.717) is 21.0 Å². The molecule has 0 aliphatic heterocycles. The molecule has 38 heavy (non-hydrogen) atoms. The van der Waals surface area contributed by atoms with Gasteiger partial charge >= 0.3 is 5.97 Å². The van der Waals surface area contributed by atoms with Crippen molar-refractivity contribution in [3.8, 4) is 0 Å². The van der Waals surface area contributed by atoms with E-state index in [9.17, 15) is 4.79 Å². The molecular formula is C34H48Cl2O2. The van der Waals surface area contributed by atoms with E-state index in [0.717, 1.165) is 54.8 Å². The van der Waals surface area contributed by atoms with E-state index in [1.807, 2.05) is 0 Å². The second-order valence-corrected chi connectivity index (χ2v) is 15.0. The highest BCUT2D eigenvalue weighted by Gasteiger charge is 2.59. The molecule has 4 heteroatoms. The maximum Gasteiger partial charge on any atom is 0.338 e. The molecule has 2 nitrogen and oxygen atoms in total. The molecule has 210 valence electrons. The van der Waals surface area contributed by atoms with Crippen molar-refractivity contribution >= 4 is 29.2 Å². The zero-order valence-electron chi connectivity index (χ0n) is 24.2. The monoisotopic (exact) mass is 558 g/mol. The first-order valence-corrected chi connectivity index (χ1v) is 16.1. The molecule has 0 radical (unpaired) electrons. The number of halogens is 2. The summed E-state index contributed by atoms with van der Waals surface area (Å²) in [5.41, 5.74) is 2.81. The minimum atomic E-state index is -0.292. The van der Waals surface area contributed by atoms with Crippen LogP contribution in [-0.2, 0) is 4.74 Å². The molecular weight excluding hydrogens is 511 g/mol. The summed E-state index contributed by atoms with van der Waals surface area (Å²) >= 11 is 12.2. The summed E-state index contributed by atoms with van der Waals surface area (Å²) in [4.78, 5) is 12.8. The number of esters is 1.